The van der Waals surface area contributed by atoms with Crippen LogP contribution in [0.4, 0.5) is 0 Å². The topological polar surface area (TPSA) is 40.2 Å². The van der Waals surface area contributed by atoms with Crippen molar-refractivity contribution in [2.45, 2.75) is 32.5 Å². The van der Waals surface area contributed by atoms with Crippen molar-refractivity contribution >= 4 is 0 Å². The smallest absolute Gasteiger partial charge is 0.231 e. The van der Waals surface area contributed by atoms with E-state index in [1.165, 1.54) is 5.56 Å². The zero-order valence-corrected chi connectivity index (χ0v) is 14.7. The summed E-state index contributed by atoms with van der Waals surface area (Å²) in [7, 11) is 1.69. The average Bonchev–Trinajstić information content (AvgIpc) is 3.02. The van der Waals surface area contributed by atoms with Gasteiger partial charge in [0.2, 0.25) is 6.79 Å². The summed E-state index contributed by atoms with van der Waals surface area (Å²) in [5.41, 5.74) is 2.38. The van der Waals surface area contributed by atoms with E-state index in [1.54, 1.807) is 7.11 Å². The second-order valence-corrected chi connectivity index (χ2v) is 6.48. The largest absolute Gasteiger partial charge is 0.497 e. The molecule has 132 valence electrons. The lowest BCUT2D eigenvalue weighted by Gasteiger charge is -2.23. The van der Waals surface area contributed by atoms with Crippen molar-refractivity contribution in [1.29, 1.82) is 0 Å². The molecule has 0 aliphatic carbocycles. The van der Waals surface area contributed by atoms with Crippen molar-refractivity contribution < 1.29 is 18.9 Å². The average molecular weight is 341 g/mol. The third-order valence-electron chi connectivity index (χ3n) is 4.72. The maximum Gasteiger partial charge on any atom is 0.231 e. The van der Waals surface area contributed by atoms with Crippen molar-refractivity contribution in [3.63, 3.8) is 0 Å². The fourth-order valence-electron chi connectivity index (χ4n) is 3.36. The second kappa shape index (κ2) is 6.84. The molecule has 0 N–H and O–H groups in total. The Bertz CT molecular complexity index is 761. The minimum absolute atomic E-state index is 0.184. The zero-order valence-electron chi connectivity index (χ0n) is 14.7. The fraction of sp³-hybridized carbons (Fsp3) is 0.400. The van der Waals surface area contributed by atoms with Gasteiger partial charge in [0.1, 0.15) is 17.6 Å². The number of hydrogen-bond acceptors (Lipinski definition) is 5. The molecule has 0 spiro atoms. The van der Waals surface area contributed by atoms with E-state index in [2.05, 4.69) is 30.0 Å². The lowest BCUT2D eigenvalue weighted by atomic mass is 10.1. The molecule has 0 radical (unpaired) electrons. The van der Waals surface area contributed by atoms with Crippen LogP contribution in [0.25, 0.3) is 0 Å². The first kappa shape index (κ1) is 16.1. The summed E-state index contributed by atoms with van der Waals surface area (Å²) in [6.07, 6.45) is 1.16. The third kappa shape index (κ3) is 3.37. The summed E-state index contributed by atoms with van der Waals surface area (Å²) >= 11 is 0. The Hall–Kier alpha value is -2.40. The van der Waals surface area contributed by atoms with Gasteiger partial charge < -0.3 is 18.9 Å². The monoisotopic (exact) mass is 341 g/mol. The Morgan fingerprint density at radius 1 is 1.08 bits per heavy atom. The molecule has 2 aliphatic heterocycles. The lowest BCUT2D eigenvalue weighted by Crippen LogP contribution is -2.32. The second-order valence-electron chi connectivity index (χ2n) is 6.48. The van der Waals surface area contributed by atoms with E-state index in [-0.39, 0.29) is 6.10 Å². The van der Waals surface area contributed by atoms with E-state index in [0.29, 0.717) is 6.79 Å². The molecule has 5 nitrogen and oxygen atoms in total. The van der Waals surface area contributed by atoms with E-state index in [9.17, 15) is 0 Å². The molecule has 0 saturated carbocycles. The van der Waals surface area contributed by atoms with Crippen LogP contribution >= 0.6 is 0 Å². The molecule has 5 heteroatoms. The highest BCUT2D eigenvalue weighted by atomic mass is 16.7. The molecule has 0 bridgehead atoms. The standard InChI is InChI=1S/C20H23NO4/c1-3-16-12-21(10-14-4-6-19-20(8-14)24-13-23-19)11-15-9-17(22-2)5-7-18(15)25-16/h4-9,16H,3,10-13H2,1-2H3/t16-/m1/s1. The summed E-state index contributed by atoms with van der Waals surface area (Å²) in [6, 6.07) is 12.2. The Morgan fingerprint density at radius 3 is 2.76 bits per heavy atom. The first-order valence-electron chi connectivity index (χ1n) is 8.69. The van der Waals surface area contributed by atoms with Gasteiger partial charge in [-0.15, -0.1) is 0 Å². The predicted molar refractivity (Wildman–Crippen MR) is 94.4 cm³/mol. The van der Waals surface area contributed by atoms with Crippen molar-refractivity contribution in [2.24, 2.45) is 0 Å². The van der Waals surface area contributed by atoms with Gasteiger partial charge in [0.25, 0.3) is 0 Å². The number of fused-ring (bicyclic) bond motifs is 2. The van der Waals surface area contributed by atoms with E-state index >= 15 is 0 Å². The fourth-order valence-corrected chi connectivity index (χ4v) is 3.36. The Labute approximate surface area is 148 Å². The minimum Gasteiger partial charge on any atom is -0.497 e. The molecule has 0 unspecified atom stereocenters. The predicted octanol–water partition coefficient (Wildman–Crippen LogP) is 3.60. The van der Waals surface area contributed by atoms with Crippen molar-refractivity contribution in [3.05, 3.63) is 47.5 Å². The molecule has 2 heterocycles. The maximum absolute atomic E-state index is 6.21. The van der Waals surface area contributed by atoms with Gasteiger partial charge in [0, 0.05) is 25.2 Å². The summed E-state index contributed by atoms with van der Waals surface area (Å²) < 4.78 is 22.5. The molecule has 2 aromatic carbocycles. The summed E-state index contributed by atoms with van der Waals surface area (Å²) in [4.78, 5) is 2.41. The van der Waals surface area contributed by atoms with E-state index in [0.717, 1.165) is 54.6 Å². The molecule has 4 rings (SSSR count). The minimum atomic E-state index is 0.184. The van der Waals surface area contributed by atoms with E-state index in [1.807, 2.05) is 18.2 Å². The molecule has 2 aliphatic rings. The number of methoxy groups -OCH3 is 1. The van der Waals surface area contributed by atoms with Crippen LogP contribution in [-0.4, -0.2) is 31.5 Å². The molecule has 1 atom stereocenters. The number of rotatable bonds is 4. The van der Waals surface area contributed by atoms with Crippen LogP contribution in [0.5, 0.6) is 23.0 Å². The Balaban J connectivity index is 1.57. The lowest BCUT2D eigenvalue weighted by molar-refractivity contribution is 0.139. The third-order valence-corrected chi connectivity index (χ3v) is 4.72. The van der Waals surface area contributed by atoms with Gasteiger partial charge in [-0.25, -0.2) is 0 Å². The molecule has 0 saturated heterocycles. The molecular weight excluding hydrogens is 318 g/mol. The van der Waals surface area contributed by atoms with Crippen molar-refractivity contribution in [3.8, 4) is 23.0 Å². The number of ether oxygens (including phenoxy) is 4. The molecular formula is C20H23NO4. The maximum atomic E-state index is 6.21. The molecule has 25 heavy (non-hydrogen) atoms. The molecule has 2 aromatic rings. The highest BCUT2D eigenvalue weighted by Crippen LogP contribution is 2.34. The van der Waals surface area contributed by atoms with Gasteiger partial charge in [-0.3, -0.25) is 4.90 Å². The summed E-state index contributed by atoms with van der Waals surface area (Å²) in [6.45, 7) is 5.03. The van der Waals surface area contributed by atoms with Gasteiger partial charge in [-0.2, -0.15) is 0 Å². The van der Waals surface area contributed by atoms with Crippen LogP contribution in [0.2, 0.25) is 0 Å². The SMILES string of the molecule is CC[C@@H]1CN(Cc2ccc3c(c2)OCO3)Cc2cc(OC)ccc2O1. The first-order valence-corrected chi connectivity index (χ1v) is 8.69. The first-order chi connectivity index (χ1) is 12.2. The van der Waals surface area contributed by atoms with Crippen LogP contribution in [0.1, 0.15) is 24.5 Å². The molecule has 0 amide bonds. The van der Waals surface area contributed by atoms with Crippen LogP contribution in [0, 0.1) is 0 Å². The van der Waals surface area contributed by atoms with Gasteiger partial charge in [-0.1, -0.05) is 13.0 Å². The van der Waals surface area contributed by atoms with Crippen LogP contribution in [0.15, 0.2) is 36.4 Å². The highest BCUT2D eigenvalue weighted by Gasteiger charge is 2.23. The van der Waals surface area contributed by atoms with Gasteiger partial charge in [-0.05, 0) is 42.3 Å². The van der Waals surface area contributed by atoms with Crippen molar-refractivity contribution in [2.75, 3.05) is 20.4 Å². The van der Waals surface area contributed by atoms with Crippen LogP contribution in [0.3, 0.4) is 0 Å². The van der Waals surface area contributed by atoms with Gasteiger partial charge >= 0.3 is 0 Å². The zero-order chi connectivity index (χ0) is 17.2. The normalized spacial score (nSPS) is 19.0. The number of benzene rings is 2. The quantitative estimate of drug-likeness (QED) is 0.850. The van der Waals surface area contributed by atoms with Gasteiger partial charge in [0.15, 0.2) is 11.5 Å². The van der Waals surface area contributed by atoms with Crippen LogP contribution < -0.4 is 18.9 Å². The van der Waals surface area contributed by atoms with E-state index < -0.39 is 0 Å². The van der Waals surface area contributed by atoms with Crippen molar-refractivity contribution in [1.82, 2.24) is 4.90 Å². The number of nitrogens with zero attached hydrogens (tertiary/aromatic N) is 1. The summed E-state index contributed by atoms with van der Waals surface area (Å²) in [5.74, 6) is 3.48. The Kier molecular flexibility index (Phi) is 4.40. The van der Waals surface area contributed by atoms with Crippen LogP contribution in [-0.2, 0) is 13.1 Å². The molecule has 0 aromatic heterocycles. The van der Waals surface area contributed by atoms with E-state index in [4.69, 9.17) is 18.9 Å². The highest BCUT2D eigenvalue weighted by molar-refractivity contribution is 5.45. The molecule has 0 fully saturated rings. The van der Waals surface area contributed by atoms with Gasteiger partial charge in [0.05, 0.1) is 7.11 Å². The number of hydrogen-bond donors (Lipinski definition) is 0. The summed E-state index contributed by atoms with van der Waals surface area (Å²) in [5, 5.41) is 0. The Morgan fingerprint density at radius 2 is 1.92 bits per heavy atom.